The quantitative estimate of drug-likeness (QED) is 0.313. The van der Waals surface area contributed by atoms with Gasteiger partial charge in [-0.1, -0.05) is 33.6 Å². The number of rotatable bonds is 14. The molecule has 2 aromatic rings. The van der Waals surface area contributed by atoms with E-state index in [1.807, 2.05) is 22.7 Å². The number of thiophene rings is 2. The fraction of sp³-hybridized carbons (Fsp3) is 0.600. The molecular formula is C25H38O2S2. The Labute approximate surface area is 185 Å². The maximum absolute atomic E-state index is 9.34. The Morgan fingerprint density at radius 2 is 1.41 bits per heavy atom. The van der Waals surface area contributed by atoms with Crippen LogP contribution in [0.2, 0.25) is 0 Å². The Bertz CT molecular complexity index is 727. The Kier molecular flexibility index (Phi) is 10.6. The molecule has 0 spiro atoms. The highest BCUT2D eigenvalue weighted by Crippen LogP contribution is 2.26. The van der Waals surface area contributed by atoms with E-state index in [0.29, 0.717) is 12.5 Å². The highest BCUT2D eigenvalue weighted by Gasteiger charge is 2.15. The van der Waals surface area contributed by atoms with Gasteiger partial charge < -0.3 is 10.2 Å². The van der Waals surface area contributed by atoms with Crippen LogP contribution in [0.25, 0.3) is 12.2 Å². The summed E-state index contributed by atoms with van der Waals surface area (Å²) in [7, 11) is 0. The molecule has 2 rings (SSSR count). The van der Waals surface area contributed by atoms with E-state index >= 15 is 0 Å². The average Bonchev–Trinajstić information content (AvgIpc) is 3.36. The van der Waals surface area contributed by atoms with Gasteiger partial charge in [0, 0.05) is 32.7 Å². The summed E-state index contributed by atoms with van der Waals surface area (Å²) in [6.45, 7) is 6.96. The topological polar surface area (TPSA) is 40.5 Å². The lowest BCUT2D eigenvalue weighted by Gasteiger charge is -2.20. The van der Waals surface area contributed by atoms with Crippen LogP contribution in [0.4, 0.5) is 0 Å². The highest BCUT2D eigenvalue weighted by atomic mass is 32.1. The first kappa shape index (κ1) is 24.3. The zero-order valence-corrected chi connectivity index (χ0v) is 20.0. The number of aryl methyl sites for hydroxylation is 2. The molecule has 1 atom stereocenters. The van der Waals surface area contributed by atoms with Gasteiger partial charge in [0.25, 0.3) is 0 Å². The zero-order valence-electron chi connectivity index (χ0n) is 18.3. The van der Waals surface area contributed by atoms with E-state index in [4.69, 9.17) is 5.11 Å². The van der Waals surface area contributed by atoms with Crippen LogP contribution in [0, 0.1) is 11.3 Å². The number of aliphatic hydroxyl groups excluding tert-OH is 2. The van der Waals surface area contributed by atoms with Crippen molar-refractivity contribution < 1.29 is 10.2 Å². The lowest BCUT2D eigenvalue weighted by molar-refractivity contribution is 0.147. The van der Waals surface area contributed by atoms with E-state index < -0.39 is 0 Å². The standard InChI is InChI=1S/C25H38O2S2/c1-20(18-26)8-4-5-9-21-11-13-23(28-21)15-16-24-14-12-22(29-24)10-6-7-17-25(2,3)19-27/h11-16,20,26-27H,4-10,17-19H2,1-3H3/b16-15-. The minimum absolute atomic E-state index is 0.0563. The first-order valence-electron chi connectivity index (χ1n) is 11.0. The molecule has 1 unspecified atom stereocenters. The van der Waals surface area contributed by atoms with Crippen LogP contribution in [0.15, 0.2) is 24.3 Å². The lowest BCUT2D eigenvalue weighted by Crippen LogP contribution is -2.16. The van der Waals surface area contributed by atoms with Crippen molar-refractivity contribution in [1.29, 1.82) is 0 Å². The molecule has 0 bridgehead atoms. The molecule has 2 nitrogen and oxygen atoms in total. The van der Waals surface area contributed by atoms with E-state index in [9.17, 15) is 5.11 Å². The Morgan fingerprint density at radius 3 is 1.93 bits per heavy atom. The molecule has 0 aliphatic heterocycles. The Balaban J connectivity index is 1.72. The molecule has 2 N–H and O–H groups in total. The highest BCUT2D eigenvalue weighted by molar-refractivity contribution is 7.13. The molecule has 0 fully saturated rings. The van der Waals surface area contributed by atoms with Crippen LogP contribution < -0.4 is 0 Å². The van der Waals surface area contributed by atoms with Crippen LogP contribution in [0.1, 0.15) is 78.8 Å². The third kappa shape index (κ3) is 9.61. The van der Waals surface area contributed by atoms with Gasteiger partial charge in [-0.2, -0.15) is 0 Å². The number of hydrogen-bond acceptors (Lipinski definition) is 4. The van der Waals surface area contributed by atoms with Gasteiger partial charge in [-0.15, -0.1) is 22.7 Å². The maximum Gasteiger partial charge on any atom is 0.0482 e. The van der Waals surface area contributed by atoms with Crippen molar-refractivity contribution in [2.24, 2.45) is 11.3 Å². The molecule has 0 radical (unpaired) electrons. The predicted octanol–water partition coefficient (Wildman–Crippen LogP) is 7.05. The van der Waals surface area contributed by atoms with Gasteiger partial charge in [0.15, 0.2) is 0 Å². The predicted molar refractivity (Wildman–Crippen MR) is 130 cm³/mol. The van der Waals surface area contributed by atoms with Crippen LogP contribution >= 0.6 is 22.7 Å². The van der Waals surface area contributed by atoms with Gasteiger partial charge in [-0.05, 0) is 86.3 Å². The summed E-state index contributed by atoms with van der Waals surface area (Å²) in [5.74, 6) is 0.430. The maximum atomic E-state index is 9.34. The number of aliphatic hydroxyl groups is 2. The number of hydrogen-bond donors (Lipinski definition) is 2. The minimum atomic E-state index is 0.0563. The summed E-state index contributed by atoms with van der Waals surface area (Å²) in [6, 6.07) is 8.97. The summed E-state index contributed by atoms with van der Waals surface area (Å²) in [5.41, 5.74) is 0.0563. The summed E-state index contributed by atoms with van der Waals surface area (Å²) in [5, 5.41) is 18.4. The summed E-state index contributed by atoms with van der Waals surface area (Å²) in [6.07, 6.45) is 13.7. The average molecular weight is 435 g/mol. The molecule has 0 aliphatic carbocycles. The van der Waals surface area contributed by atoms with Crippen LogP contribution in [-0.4, -0.2) is 23.4 Å². The van der Waals surface area contributed by atoms with Gasteiger partial charge in [-0.3, -0.25) is 0 Å². The molecule has 0 saturated heterocycles. The van der Waals surface area contributed by atoms with Gasteiger partial charge in [-0.25, -0.2) is 0 Å². The van der Waals surface area contributed by atoms with Gasteiger partial charge >= 0.3 is 0 Å². The summed E-state index contributed by atoms with van der Waals surface area (Å²) < 4.78 is 0. The molecule has 0 aliphatic rings. The fourth-order valence-corrected chi connectivity index (χ4v) is 5.18. The second-order valence-electron chi connectivity index (χ2n) is 9.00. The van der Waals surface area contributed by atoms with Crippen molar-refractivity contribution in [3.8, 4) is 0 Å². The molecule has 0 saturated carbocycles. The van der Waals surface area contributed by atoms with E-state index in [2.05, 4.69) is 57.2 Å². The minimum Gasteiger partial charge on any atom is -0.396 e. The van der Waals surface area contributed by atoms with Gasteiger partial charge in [0.05, 0.1) is 0 Å². The van der Waals surface area contributed by atoms with Crippen molar-refractivity contribution in [2.45, 2.75) is 72.1 Å². The molecule has 162 valence electrons. The van der Waals surface area contributed by atoms with Crippen molar-refractivity contribution in [1.82, 2.24) is 0 Å². The van der Waals surface area contributed by atoms with Crippen molar-refractivity contribution in [2.75, 3.05) is 13.2 Å². The smallest absolute Gasteiger partial charge is 0.0482 e. The molecule has 2 aromatic heterocycles. The monoisotopic (exact) mass is 434 g/mol. The van der Waals surface area contributed by atoms with E-state index in [-0.39, 0.29) is 12.0 Å². The van der Waals surface area contributed by atoms with Crippen LogP contribution in [0.5, 0.6) is 0 Å². The first-order chi connectivity index (χ1) is 13.9. The molecule has 2 heterocycles. The van der Waals surface area contributed by atoms with Gasteiger partial charge in [0.2, 0.25) is 0 Å². The molecule has 29 heavy (non-hydrogen) atoms. The third-order valence-corrected chi connectivity index (χ3v) is 7.63. The van der Waals surface area contributed by atoms with E-state index in [1.54, 1.807) is 0 Å². The Hall–Kier alpha value is -0.940. The summed E-state index contributed by atoms with van der Waals surface area (Å²) >= 11 is 3.79. The van der Waals surface area contributed by atoms with Crippen LogP contribution in [-0.2, 0) is 12.8 Å². The largest absolute Gasteiger partial charge is 0.396 e. The molecular weight excluding hydrogens is 396 g/mol. The third-order valence-electron chi connectivity index (χ3n) is 5.41. The van der Waals surface area contributed by atoms with Crippen molar-refractivity contribution in [3.05, 3.63) is 43.8 Å². The second kappa shape index (κ2) is 12.7. The zero-order chi connectivity index (χ0) is 21.1. The molecule has 4 heteroatoms. The second-order valence-corrected chi connectivity index (χ2v) is 11.4. The summed E-state index contributed by atoms with van der Waals surface area (Å²) in [4.78, 5) is 5.56. The van der Waals surface area contributed by atoms with Crippen LogP contribution in [0.3, 0.4) is 0 Å². The fourth-order valence-electron chi connectivity index (χ4n) is 3.27. The van der Waals surface area contributed by atoms with Crippen molar-refractivity contribution in [3.63, 3.8) is 0 Å². The normalized spacial score (nSPS) is 13.4. The van der Waals surface area contributed by atoms with Crippen molar-refractivity contribution >= 4 is 34.8 Å². The molecule has 0 amide bonds. The molecule has 0 aromatic carbocycles. The first-order valence-corrected chi connectivity index (χ1v) is 12.6. The lowest BCUT2D eigenvalue weighted by atomic mass is 9.88. The SMILES string of the molecule is CC(CO)CCCCc1ccc(/C=C\c2ccc(CCCCC(C)(C)CO)s2)s1. The van der Waals surface area contributed by atoms with E-state index in [0.717, 1.165) is 25.7 Å². The number of unbranched alkanes of at least 4 members (excludes halogenated alkanes) is 2. The van der Waals surface area contributed by atoms with E-state index in [1.165, 1.54) is 45.2 Å². The van der Waals surface area contributed by atoms with Gasteiger partial charge in [0.1, 0.15) is 0 Å². The Morgan fingerprint density at radius 1 is 0.862 bits per heavy atom.